The van der Waals surface area contributed by atoms with Crippen LogP contribution in [0, 0.1) is 5.92 Å². The summed E-state index contributed by atoms with van der Waals surface area (Å²) in [6, 6.07) is 11.3. The monoisotopic (exact) mass is 513 g/mol. The number of nitrogens with one attached hydrogen (secondary N) is 1. The van der Waals surface area contributed by atoms with Gasteiger partial charge in [0, 0.05) is 45.8 Å². The minimum absolute atomic E-state index is 0. The maximum absolute atomic E-state index is 4.55. The van der Waals surface area contributed by atoms with Gasteiger partial charge in [-0.3, -0.25) is 9.89 Å². The van der Waals surface area contributed by atoms with Crippen molar-refractivity contribution < 1.29 is 0 Å². The molecule has 2 unspecified atom stereocenters. The Morgan fingerprint density at radius 1 is 1.21 bits per heavy atom. The highest BCUT2D eigenvalue weighted by atomic mass is 127. The van der Waals surface area contributed by atoms with Crippen molar-refractivity contribution in [1.29, 1.82) is 0 Å². The van der Waals surface area contributed by atoms with E-state index in [1.54, 1.807) is 0 Å². The van der Waals surface area contributed by atoms with Crippen molar-refractivity contribution in [2.24, 2.45) is 10.9 Å². The van der Waals surface area contributed by atoms with Crippen LogP contribution in [0.1, 0.15) is 38.2 Å². The molecule has 2 atom stereocenters. The van der Waals surface area contributed by atoms with Gasteiger partial charge >= 0.3 is 0 Å². The van der Waals surface area contributed by atoms with Crippen LogP contribution in [0.3, 0.4) is 0 Å². The van der Waals surface area contributed by atoms with Crippen molar-refractivity contribution in [3.8, 4) is 0 Å². The zero-order valence-corrected chi connectivity index (χ0v) is 20.8. The van der Waals surface area contributed by atoms with Crippen LogP contribution in [-0.4, -0.2) is 80.1 Å². The van der Waals surface area contributed by atoms with Crippen molar-refractivity contribution in [3.63, 3.8) is 0 Å². The molecule has 2 aliphatic heterocycles. The van der Waals surface area contributed by atoms with Gasteiger partial charge in [0.05, 0.1) is 0 Å². The number of guanidine groups is 1. The fourth-order valence-corrected chi connectivity index (χ4v) is 4.48. The van der Waals surface area contributed by atoms with E-state index in [9.17, 15) is 0 Å². The Kier molecular flexibility index (Phi) is 10.7. The van der Waals surface area contributed by atoms with Crippen molar-refractivity contribution in [2.75, 3.05) is 53.4 Å². The molecule has 0 aromatic heterocycles. The molecule has 3 rings (SSSR count). The minimum Gasteiger partial charge on any atom is -0.356 e. The molecule has 0 radical (unpaired) electrons. The van der Waals surface area contributed by atoms with Crippen LogP contribution in [-0.2, 0) is 6.54 Å². The normalized spacial score (nSPS) is 21.4. The summed E-state index contributed by atoms with van der Waals surface area (Å²) < 4.78 is 0. The summed E-state index contributed by atoms with van der Waals surface area (Å²) in [5.41, 5.74) is 1.38. The Morgan fingerprint density at radius 2 is 1.93 bits per heavy atom. The molecule has 6 heteroatoms. The number of rotatable bonds is 8. The molecule has 0 bridgehead atoms. The van der Waals surface area contributed by atoms with Gasteiger partial charge < -0.3 is 15.1 Å². The maximum Gasteiger partial charge on any atom is 0.193 e. The zero-order valence-electron chi connectivity index (χ0n) is 18.5. The van der Waals surface area contributed by atoms with Gasteiger partial charge in [-0.1, -0.05) is 30.3 Å². The summed E-state index contributed by atoms with van der Waals surface area (Å²) in [6.07, 6.45) is 5.19. The fourth-order valence-electron chi connectivity index (χ4n) is 4.48. The molecule has 0 spiro atoms. The molecule has 0 aliphatic carbocycles. The lowest BCUT2D eigenvalue weighted by molar-refractivity contribution is 0.238. The standard InChI is InChI=1S/C23H39N5.HI/c1-20(26(3)17-21-9-5-4-6-10-21)11-13-25-23(24-2)28-16-12-22(19-28)18-27-14-7-8-15-27;/h4-6,9-10,20,22H,7-8,11-19H2,1-3H3,(H,24,25);1H. The molecule has 164 valence electrons. The van der Waals surface area contributed by atoms with Crippen molar-refractivity contribution >= 4 is 29.9 Å². The average Bonchev–Trinajstić information content (AvgIpc) is 3.38. The summed E-state index contributed by atoms with van der Waals surface area (Å²) in [5, 5.41) is 3.61. The molecule has 0 amide bonds. The van der Waals surface area contributed by atoms with Crippen molar-refractivity contribution in [2.45, 2.75) is 45.2 Å². The number of halogens is 1. The second-order valence-electron chi connectivity index (χ2n) is 8.62. The molecular weight excluding hydrogens is 473 g/mol. The zero-order chi connectivity index (χ0) is 19.8. The van der Waals surface area contributed by atoms with Crippen LogP contribution in [0.5, 0.6) is 0 Å². The molecule has 5 nitrogen and oxygen atoms in total. The van der Waals surface area contributed by atoms with Gasteiger partial charge in [0.15, 0.2) is 5.96 Å². The summed E-state index contributed by atoms with van der Waals surface area (Å²) in [4.78, 5) is 12.1. The van der Waals surface area contributed by atoms with E-state index in [-0.39, 0.29) is 24.0 Å². The maximum atomic E-state index is 4.55. The molecule has 1 N–H and O–H groups in total. The van der Waals surface area contributed by atoms with E-state index in [0.717, 1.165) is 44.5 Å². The molecular formula is C23H40IN5. The number of benzene rings is 1. The lowest BCUT2D eigenvalue weighted by Crippen LogP contribution is -2.42. The van der Waals surface area contributed by atoms with Crippen LogP contribution in [0.2, 0.25) is 0 Å². The number of nitrogens with zero attached hydrogens (tertiary/aromatic N) is 4. The number of likely N-dealkylation sites (tertiary alicyclic amines) is 2. The Labute approximate surface area is 194 Å². The molecule has 29 heavy (non-hydrogen) atoms. The first kappa shape index (κ1) is 24.4. The van der Waals surface area contributed by atoms with Gasteiger partial charge in [-0.05, 0) is 64.2 Å². The second-order valence-corrected chi connectivity index (χ2v) is 8.62. The molecule has 2 fully saturated rings. The number of hydrogen-bond acceptors (Lipinski definition) is 3. The highest BCUT2D eigenvalue weighted by Crippen LogP contribution is 2.20. The Morgan fingerprint density at radius 3 is 2.62 bits per heavy atom. The van der Waals surface area contributed by atoms with E-state index in [2.05, 4.69) is 69.3 Å². The first-order valence-corrected chi connectivity index (χ1v) is 11.1. The number of hydrogen-bond donors (Lipinski definition) is 1. The SMILES string of the molecule is CN=C(NCCC(C)N(C)Cc1ccccc1)N1CCC(CN2CCCC2)C1.I. The molecule has 1 aromatic rings. The quantitative estimate of drug-likeness (QED) is 0.328. The van der Waals surface area contributed by atoms with Gasteiger partial charge in [0.1, 0.15) is 0 Å². The first-order chi connectivity index (χ1) is 13.7. The molecule has 2 saturated heterocycles. The summed E-state index contributed by atoms with van der Waals surface area (Å²) >= 11 is 0. The van der Waals surface area contributed by atoms with E-state index in [1.807, 2.05) is 7.05 Å². The lowest BCUT2D eigenvalue weighted by atomic mass is 10.1. The topological polar surface area (TPSA) is 34.1 Å². The Balaban J connectivity index is 0.00000300. The van der Waals surface area contributed by atoms with Crippen LogP contribution in [0.15, 0.2) is 35.3 Å². The van der Waals surface area contributed by atoms with Gasteiger partial charge in [0.2, 0.25) is 0 Å². The molecule has 2 aliphatic rings. The molecule has 2 heterocycles. The Hall–Kier alpha value is -0.860. The third-order valence-electron chi connectivity index (χ3n) is 6.38. The lowest BCUT2D eigenvalue weighted by Gasteiger charge is -2.27. The van der Waals surface area contributed by atoms with Crippen LogP contribution in [0.25, 0.3) is 0 Å². The van der Waals surface area contributed by atoms with Crippen molar-refractivity contribution in [1.82, 2.24) is 20.0 Å². The van der Waals surface area contributed by atoms with Crippen LogP contribution in [0.4, 0.5) is 0 Å². The first-order valence-electron chi connectivity index (χ1n) is 11.1. The third kappa shape index (κ3) is 7.72. The van der Waals surface area contributed by atoms with E-state index in [0.29, 0.717) is 6.04 Å². The largest absolute Gasteiger partial charge is 0.356 e. The van der Waals surface area contributed by atoms with Crippen molar-refractivity contribution in [3.05, 3.63) is 35.9 Å². The van der Waals surface area contributed by atoms with Crippen LogP contribution < -0.4 is 5.32 Å². The number of aliphatic imine (C=N–C) groups is 1. The van der Waals surface area contributed by atoms with E-state index < -0.39 is 0 Å². The third-order valence-corrected chi connectivity index (χ3v) is 6.38. The van der Waals surface area contributed by atoms with Gasteiger partial charge in [-0.2, -0.15) is 0 Å². The smallest absolute Gasteiger partial charge is 0.193 e. The highest BCUT2D eigenvalue weighted by molar-refractivity contribution is 14.0. The van der Waals surface area contributed by atoms with Gasteiger partial charge in [0.25, 0.3) is 0 Å². The van der Waals surface area contributed by atoms with E-state index in [4.69, 9.17) is 0 Å². The summed E-state index contributed by atoms with van der Waals surface area (Å²) in [7, 11) is 4.14. The predicted molar refractivity (Wildman–Crippen MR) is 134 cm³/mol. The minimum atomic E-state index is 0. The van der Waals surface area contributed by atoms with E-state index >= 15 is 0 Å². The van der Waals surface area contributed by atoms with E-state index in [1.165, 1.54) is 44.5 Å². The van der Waals surface area contributed by atoms with Gasteiger partial charge in [-0.25, -0.2) is 0 Å². The Bertz CT molecular complexity index is 603. The highest BCUT2D eigenvalue weighted by Gasteiger charge is 2.27. The predicted octanol–water partition coefficient (Wildman–Crippen LogP) is 3.51. The van der Waals surface area contributed by atoms with Crippen LogP contribution >= 0.6 is 24.0 Å². The van der Waals surface area contributed by atoms with Gasteiger partial charge in [-0.15, -0.1) is 24.0 Å². The summed E-state index contributed by atoms with van der Waals surface area (Å²) in [5.74, 6) is 1.88. The molecule has 0 saturated carbocycles. The summed E-state index contributed by atoms with van der Waals surface area (Å²) in [6.45, 7) is 10.5. The average molecular weight is 514 g/mol. The molecule has 1 aromatic carbocycles. The fraction of sp³-hybridized carbons (Fsp3) is 0.696. The second kappa shape index (κ2) is 12.7.